The lowest BCUT2D eigenvalue weighted by atomic mass is 9.90. The molecule has 1 aliphatic carbocycles. The van der Waals surface area contributed by atoms with Crippen LogP contribution < -0.4 is 0 Å². The summed E-state index contributed by atoms with van der Waals surface area (Å²) in [6, 6.07) is -1.38. The topological polar surface area (TPSA) is 90.0 Å². The van der Waals surface area contributed by atoms with Crippen LogP contribution in [0.3, 0.4) is 0 Å². The van der Waals surface area contributed by atoms with E-state index in [0.717, 1.165) is 0 Å². The van der Waals surface area contributed by atoms with Gasteiger partial charge in [-0.05, 0) is 12.8 Å². The van der Waals surface area contributed by atoms with Gasteiger partial charge >= 0.3 is 15.5 Å². The van der Waals surface area contributed by atoms with Crippen molar-refractivity contribution >= 4 is 20.0 Å². The maximum atomic E-state index is 12.8. The Morgan fingerprint density at radius 1 is 1.14 bits per heavy atom. The van der Waals surface area contributed by atoms with Crippen LogP contribution in [0.15, 0.2) is 0 Å². The Morgan fingerprint density at radius 3 is 2.14 bits per heavy atom. The summed E-state index contributed by atoms with van der Waals surface area (Å²) in [5.41, 5.74) is -5.70. The summed E-state index contributed by atoms with van der Waals surface area (Å²) in [5.74, 6) is -1.20. The summed E-state index contributed by atoms with van der Waals surface area (Å²) < 4.78 is 95.3. The molecule has 0 N–H and O–H groups in total. The Morgan fingerprint density at radius 2 is 1.68 bits per heavy atom. The van der Waals surface area contributed by atoms with E-state index < -0.39 is 41.1 Å². The van der Waals surface area contributed by atoms with Gasteiger partial charge in [0.25, 0.3) is 0 Å². The molecular formula is C10H16F3NO6S2. The SMILES string of the molecule is CS(=O)(=O)N(C1CCCC2(C1)OCCO2)S(=O)(=O)C(F)(F)F. The third kappa shape index (κ3) is 3.25. The first-order chi connectivity index (χ1) is 9.89. The van der Waals surface area contributed by atoms with E-state index in [1.807, 2.05) is 0 Å². The van der Waals surface area contributed by atoms with E-state index in [9.17, 15) is 30.0 Å². The van der Waals surface area contributed by atoms with E-state index in [4.69, 9.17) is 9.47 Å². The van der Waals surface area contributed by atoms with Crippen molar-refractivity contribution in [1.82, 2.24) is 3.71 Å². The van der Waals surface area contributed by atoms with Crippen molar-refractivity contribution in [2.24, 2.45) is 0 Å². The average molecular weight is 367 g/mol. The predicted octanol–water partition coefficient (Wildman–Crippen LogP) is 0.783. The van der Waals surface area contributed by atoms with Gasteiger partial charge in [-0.15, -0.1) is 0 Å². The highest BCUT2D eigenvalue weighted by Gasteiger charge is 2.57. The highest BCUT2D eigenvalue weighted by Crippen LogP contribution is 2.41. The average Bonchev–Trinajstić information content (AvgIpc) is 2.73. The van der Waals surface area contributed by atoms with Crippen LogP contribution in [0.2, 0.25) is 0 Å². The van der Waals surface area contributed by atoms with E-state index in [0.29, 0.717) is 19.1 Å². The molecule has 2 rings (SSSR count). The molecule has 1 saturated carbocycles. The number of hydrogen-bond donors (Lipinski definition) is 0. The van der Waals surface area contributed by atoms with E-state index in [1.165, 1.54) is 0 Å². The standard InChI is InChI=1S/C10H16F3NO6S2/c1-21(15,16)14(22(17,18)10(11,12)13)8-3-2-4-9(7-8)19-5-6-20-9/h8H,2-7H2,1H3. The maximum Gasteiger partial charge on any atom is 0.512 e. The molecule has 0 radical (unpaired) electrons. The van der Waals surface area contributed by atoms with Gasteiger partial charge in [-0.25, -0.2) is 16.8 Å². The minimum absolute atomic E-state index is 0.0170. The molecule has 130 valence electrons. The molecule has 22 heavy (non-hydrogen) atoms. The molecular weight excluding hydrogens is 351 g/mol. The Labute approximate surface area is 126 Å². The van der Waals surface area contributed by atoms with Crippen LogP contribution in [-0.4, -0.2) is 57.4 Å². The fourth-order valence-corrected chi connectivity index (χ4v) is 6.03. The zero-order valence-corrected chi connectivity index (χ0v) is 13.3. The molecule has 1 unspecified atom stereocenters. The van der Waals surface area contributed by atoms with Crippen LogP contribution in [0.1, 0.15) is 25.7 Å². The van der Waals surface area contributed by atoms with Gasteiger partial charge in [-0.3, -0.25) is 0 Å². The van der Waals surface area contributed by atoms with E-state index in [1.54, 1.807) is 0 Å². The minimum Gasteiger partial charge on any atom is -0.347 e. The summed E-state index contributed by atoms with van der Waals surface area (Å²) in [6.45, 7) is 0.467. The van der Waals surface area contributed by atoms with Gasteiger partial charge in [-0.1, -0.05) is 3.71 Å². The maximum absolute atomic E-state index is 12.8. The molecule has 2 aliphatic rings. The Balaban J connectivity index is 2.39. The van der Waals surface area contributed by atoms with Gasteiger partial charge in [0.2, 0.25) is 10.0 Å². The van der Waals surface area contributed by atoms with Gasteiger partial charge < -0.3 is 9.47 Å². The predicted molar refractivity (Wildman–Crippen MR) is 68.5 cm³/mol. The van der Waals surface area contributed by atoms with Crippen molar-refractivity contribution in [3.05, 3.63) is 0 Å². The number of nitrogens with zero attached hydrogens (tertiary/aromatic N) is 1. The lowest BCUT2D eigenvalue weighted by Crippen LogP contribution is -2.53. The van der Waals surface area contributed by atoms with Gasteiger partial charge in [0, 0.05) is 18.9 Å². The summed E-state index contributed by atoms with van der Waals surface area (Å²) in [7, 11) is -10.6. The Bertz CT molecular complexity index is 624. The molecule has 0 aromatic rings. The zero-order valence-electron chi connectivity index (χ0n) is 11.7. The van der Waals surface area contributed by atoms with Gasteiger partial charge in [0.1, 0.15) is 0 Å². The van der Waals surface area contributed by atoms with Crippen molar-refractivity contribution < 1.29 is 39.5 Å². The highest BCUT2D eigenvalue weighted by atomic mass is 32.3. The van der Waals surface area contributed by atoms with Crippen LogP contribution in [0, 0.1) is 0 Å². The molecule has 0 amide bonds. The molecule has 0 aromatic heterocycles. The molecule has 1 spiro atoms. The van der Waals surface area contributed by atoms with Gasteiger partial charge in [0.15, 0.2) is 5.79 Å². The van der Waals surface area contributed by atoms with Crippen LogP contribution in [-0.2, 0) is 29.5 Å². The van der Waals surface area contributed by atoms with Crippen molar-refractivity contribution in [3.63, 3.8) is 0 Å². The van der Waals surface area contributed by atoms with Gasteiger partial charge in [-0.2, -0.15) is 13.2 Å². The Hall–Kier alpha value is -0.430. The molecule has 1 heterocycles. The van der Waals surface area contributed by atoms with Crippen LogP contribution >= 0.6 is 0 Å². The van der Waals surface area contributed by atoms with Crippen LogP contribution in [0.5, 0.6) is 0 Å². The van der Waals surface area contributed by atoms with Gasteiger partial charge in [0.05, 0.1) is 19.5 Å². The van der Waals surface area contributed by atoms with Crippen LogP contribution in [0.4, 0.5) is 13.2 Å². The zero-order chi connectivity index (χ0) is 16.8. The highest BCUT2D eigenvalue weighted by molar-refractivity contribution is 8.04. The van der Waals surface area contributed by atoms with Crippen LogP contribution in [0.25, 0.3) is 0 Å². The first-order valence-electron chi connectivity index (χ1n) is 6.48. The number of halogens is 3. The normalized spacial score (nSPS) is 26.7. The molecule has 7 nitrogen and oxygen atoms in total. The number of ether oxygens (including phenoxy) is 2. The van der Waals surface area contributed by atoms with E-state index >= 15 is 0 Å². The number of hydrogen-bond acceptors (Lipinski definition) is 6. The minimum atomic E-state index is -6.01. The summed E-state index contributed by atoms with van der Waals surface area (Å²) in [5, 5.41) is 0. The number of alkyl halides is 3. The van der Waals surface area contributed by atoms with Crippen molar-refractivity contribution in [2.45, 2.75) is 43.0 Å². The molecule has 1 saturated heterocycles. The third-order valence-electron chi connectivity index (χ3n) is 3.61. The fraction of sp³-hybridized carbons (Fsp3) is 1.00. The molecule has 1 aliphatic heterocycles. The molecule has 12 heteroatoms. The number of rotatable bonds is 3. The monoisotopic (exact) mass is 367 g/mol. The first-order valence-corrected chi connectivity index (χ1v) is 9.77. The summed E-state index contributed by atoms with van der Waals surface area (Å²) >= 11 is 0. The largest absolute Gasteiger partial charge is 0.512 e. The number of sulfonamides is 2. The van der Waals surface area contributed by atoms with Crippen molar-refractivity contribution in [3.8, 4) is 0 Å². The third-order valence-corrected chi connectivity index (χ3v) is 7.32. The van der Waals surface area contributed by atoms with Crippen molar-refractivity contribution in [2.75, 3.05) is 19.5 Å². The lowest BCUT2D eigenvalue weighted by Gasteiger charge is -2.39. The second-order valence-electron chi connectivity index (χ2n) is 5.30. The smallest absolute Gasteiger partial charge is 0.347 e. The fourth-order valence-electron chi connectivity index (χ4n) is 2.86. The molecule has 1 atom stereocenters. The molecule has 0 bridgehead atoms. The summed E-state index contributed by atoms with van der Waals surface area (Å²) in [4.78, 5) is 0. The van der Waals surface area contributed by atoms with E-state index in [-0.39, 0.29) is 26.1 Å². The second kappa shape index (κ2) is 5.58. The quantitative estimate of drug-likeness (QED) is 0.732. The first kappa shape index (κ1) is 17.9. The lowest BCUT2D eigenvalue weighted by molar-refractivity contribution is -0.183. The molecule has 0 aromatic carbocycles. The second-order valence-corrected chi connectivity index (χ2v) is 9.19. The molecule has 2 fully saturated rings. The summed E-state index contributed by atoms with van der Waals surface area (Å²) in [6.07, 6.45) is 0.845. The van der Waals surface area contributed by atoms with Crippen molar-refractivity contribution in [1.29, 1.82) is 0 Å². The Kier molecular flexibility index (Phi) is 4.55. The van der Waals surface area contributed by atoms with E-state index in [2.05, 4.69) is 0 Å².